The van der Waals surface area contributed by atoms with Crippen molar-refractivity contribution in [2.45, 2.75) is 88.9 Å². The lowest BCUT2D eigenvalue weighted by Crippen LogP contribution is -2.43. The molecule has 2 N–H and O–H groups in total. The Kier molecular flexibility index (Phi) is 7.38. The molecule has 186 valence electrons. The molecule has 7 nitrogen and oxygen atoms in total. The third kappa shape index (κ3) is 5.18. The molecule has 2 fully saturated rings. The number of nitrogens with zero attached hydrogens (tertiary/aromatic N) is 1. The third-order valence-corrected chi connectivity index (χ3v) is 9.14. The minimum Gasteiger partial charge on any atom is -0.427 e. The zero-order chi connectivity index (χ0) is 24.5. The maximum atomic E-state index is 12.3. The predicted octanol–water partition coefficient (Wildman–Crippen LogP) is 4.90. The first-order valence-electron chi connectivity index (χ1n) is 12.4. The van der Waals surface area contributed by atoms with Crippen molar-refractivity contribution in [3.8, 4) is 5.75 Å². The lowest BCUT2D eigenvalue weighted by atomic mass is 9.55. The molecule has 0 unspecified atom stereocenters. The first-order chi connectivity index (χ1) is 16.1. The number of ether oxygens (including phenoxy) is 1. The molecule has 0 bridgehead atoms. The van der Waals surface area contributed by atoms with Crippen molar-refractivity contribution >= 4 is 23.8 Å². The monoisotopic (exact) mass is 488 g/mol. The molecule has 4 rings (SSSR count). The quantitative estimate of drug-likeness (QED) is 0.233. The number of aryl methyl sites for hydroxylation is 1. The number of carbonyl (C=O) groups excluding carboxylic acids is 2. The van der Waals surface area contributed by atoms with E-state index in [1.165, 1.54) is 11.1 Å². The molecule has 5 atom stereocenters. The van der Waals surface area contributed by atoms with Crippen molar-refractivity contribution in [2.24, 2.45) is 21.8 Å². The highest BCUT2D eigenvalue weighted by molar-refractivity contribution is 7.99. The van der Waals surface area contributed by atoms with Crippen molar-refractivity contribution in [3.63, 3.8) is 0 Å². The van der Waals surface area contributed by atoms with Gasteiger partial charge in [-0.25, -0.2) is 0 Å². The van der Waals surface area contributed by atoms with Gasteiger partial charge in [-0.3, -0.25) is 9.59 Å². The lowest BCUT2D eigenvalue weighted by molar-refractivity contribution is -0.136. The molecule has 34 heavy (non-hydrogen) atoms. The topological polar surface area (TPSA) is 105 Å². The van der Waals surface area contributed by atoms with Crippen LogP contribution < -0.4 is 10.1 Å². The van der Waals surface area contributed by atoms with Gasteiger partial charge in [0, 0.05) is 29.5 Å². The van der Waals surface area contributed by atoms with Gasteiger partial charge in [0.15, 0.2) is 0 Å². The summed E-state index contributed by atoms with van der Waals surface area (Å²) >= 11 is 0.876. The standard InChI is InChI=1S/C26H36N2O5S/c1-25(2,34-28-32)15-27-23(30)10-11-24(31)33-17-5-7-18-16(14-17)4-6-20-19(18)12-13-26(3)21(20)8-9-22(26)29/h5,7,14,19-22,29H,4,6,8-13,15H2,1-3H3,(H,27,30)/t19-,20-,21+,22+,26+/m1/s1. The number of hydrogen-bond donors (Lipinski definition) is 2. The van der Waals surface area contributed by atoms with Gasteiger partial charge in [0.1, 0.15) is 5.75 Å². The fourth-order valence-electron chi connectivity index (χ4n) is 6.53. The predicted molar refractivity (Wildman–Crippen MR) is 132 cm³/mol. The number of aliphatic hydroxyl groups excluding tert-OH is 1. The maximum absolute atomic E-state index is 12.3. The van der Waals surface area contributed by atoms with E-state index in [2.05, 4.69) is 22.9 Å². The molecule has 2 saturated carbocycles. The summed E-state index contributed by atoms with van der Waals surface area (Å²) in [4.78, 5) is 34.8. The molecular formula is C26H36N2O5S. The van der Waals surface area contributed by atoms with E-state index in [4.69, 9.17) is 4.74 Å². The maximum Gasteiger partial charge on any atom is 0.311 e. The molecule has 0 aromatic heterocycles. The lowest BCUT2D eigenvalue weighted by Gasteiger charge is -2.50. The normalized spacial score (nSPS) is 30.0. The molecule has 0 aliphatic heterocycles. The molecule has 1 aromatic rings. The van der Waals surface area contributed by atoms with Gasteiger partial charge in [-0.2, -0.15) is 0 Å². The zero-order valence-electron chi connectivity index (χ0n) is 20.3. The SMILES string of the molecule is CC(C)(CNC(=O)CCC(=O)Oc1ccc2c(c1)CC[C@@H]1[C@@H]2CC[C@]2(C)[C@@H](O)CC[C@@H]12)SN=O. The van der Waals surface area contributed by atoms with Crippen LogP contribution in [-0.2, 0) is 16.0 Å². The number of aliphatic hydroxyl groups is 1. The van der Waals surface area contributed by atoms with Crippen LogP contribution in [0.1, 0.15) is 82.8 Å². The Hall–Kier alpha value is -1.93. The van der Waals surface area contributed by atoms with Crippen LogP contribution in [0.15, 0.2) is 22.8 Å². The van der Waals surface area contributed by atoms with Crippen LogP contribution in [0.3, 0.4) is 0 Å². The van der Waals surface area contributed by atoms with Gasteiger partial charge >= 0.3 is 5.97 Å². The summed E-state index contributed by atoms with van der Waals surface area (Å²) in [5.74, 6) is 1.60. The Bertz CT molecular complexity index is 951. The van der Waals surface area contributed by atoms with E-state index in [1.54, 1.807) is 0 Å². The smallest absolute Gasteiger partial charge is 0.311 e. The van der Waals surface area contributed by atoms with Gasteiger partial charge < -0.3 is 15.2 Å². The van der Waals surface area contributed by atoms with Gasteiger partial charge in [0.25, 0.3) is 0 Å². The summed E-state index contributed by atoms with van der Waals surface area (Å²) in [6, 6.07) is 5.99. The summed E-state index contributed by atoms with van der Waals surface area (Å²) in [6.07, 6.45) is 6.19. The van der Waals surface area contributed by atoms with Crippen molar-refractivity contribution in [1.82, 2.24) is 5.32 Å². The van der Waals surface area contributed by atoms with Crippen LogP contribution in [0.2, 0.25) is 0 Å². The van der Waals surface area contributed by atoms with Gasteiger partial charge in [-0.05, 0) is 98.8 Å². The summed E-state index contributed by atoms with van der Waals surface area (Å²) in [6.45, 7) is 6.21. The van der Waals surface area contributed by atoms with Crippen molar-refractivity contribution in [1.29, 1.82) is 0 Å². The zero-order valence-corrected chi connectivity index (χ0v) is 21.2. The molecule has 3 aliphatic rings. The average Bonchev–Trinajstić information content (AvgIpc) is 3.10. The number of fused-ring (bicyclic) bond motifs is 5. The highest BCUT2D eigenvalue weighted by atomic mass is 32.2. The second-order valence-corrected chi connectivity index (χ2v) is 12.5. The molecular weight excluding hydrogens is 452 g/mol. The van der Waals surface area contributed by atoms with E-state index in [-0.39, 0.29) is 30.3 Å². The Balaban J connectivity index is 1.31. The molecule has 1 aromatic carbocycles. The fourth-order valence-corrected chi connectivity index (χ4v) is 6.86. The highest BCUT2D eigenvalue weighted by Gasteiger charge is 2.54. The minimum atomic E-state index is -0.491. The molecule has 0 saturated heterocycles. The van der Waals surface area contributed by atoms with E-state index >= 15 is 0 Å². The van der Waals surface area contributed by atoms with Crippen LogP contribution in [0.25, 0.3) is 0 Å². The van der Waals surface area contributed by atoms with Gasteiger partial charge in [0.05, 0.1) is 17.3 Å². The molecule has 0 heterocycles. The molecule has 0 spiro atoms. The average molecular weight is 489 g/mol. The Morgan fingerprint density at radius 2 is 2.03 bits per heavy atom. The number of amides is 1. The van der Waals surface area contributed by atoms with E-state index in [0.717, 1.165) is 50.5 Å². The first kappa shape index (κ1) is 25.2. The molecule has 0 radical (unpaired) electrons. The number of esters is 1. The minimum absolute atomic E-state index is 0.00426. The number of nitrogens with one attached hydrogen (secondary N) is 1. The second-order valence-electron chi connectivity index (χ2n) is 11.1. The fraction of sp³-hybridized carbons (Fsp3) is 0.692. The van der Waals surface area contributed by atoms with Gasteiger partial charge in [-0.1, -0.05) is 13.0 Å². The summed E-state index contributed by atoms with van der Waals surface area (Å²) < 4.78 is 7.86. The van der Waals surface area contributed by atoms with E-state index in [1.807, 2.05) is 26.0 Å². The van der Waals surface area contributed by atoms with Crippen LogP contribution in [0.5, 0.6) is 5.75 Å². The molecule has 8 heteroatoms. The van der Waals surface area contributed by atoms with Crippen molar-refractivity contribution < 1.29 is 19.4 Å². The summed E-state index contributed by atoms with van der Waals surface area (Å²) in [7, 11) is 0. The summed E-state index contributed by atoms with van der Waals surface area (Å²) in [5, 5.41) is 13.3. The van der Waals surface area contributed by atoms with Crippen LogP contribution in [0, 0.1) is 22.2 Å². The number of benzene rings is 1. The Labute approximate surface area is 205 Å². The second kappa shape index (κ2) is 9.97. The van der Waals surface area contributed by atoms with Gasteiger partial charge in [0.2, 0.25) is 5.91 Å². The number of carbonyl (C=O) groups is 2. The third-order valence-electron chi connectivity index (χ3n) is 8.43. The van der Waals surface area contributed by atoms with Crippen molar-refractivity contribution in [3.05, 3.63) is 34.2 Å². The highest BCUT2D eigenvalue weighted by Crippen LogP contribution is 2.60. The van der Waals surface area contributed by atoms with Crippen LogP contribution >= 0.6 is 11.9 Å². The van der Waals surface area contributed by atoms with Crippen LogP contribution in [0.4, 0.5) is 0 Å². The number of hydrogen-bond acceptors (Lipinski definition) is 7. The Morgan fingerprint density at radius 1 is 1.24 bits per heavy atom. The Morgan fingerprint density at radius 3 is 2.79 bits per heavy atom. The van der Waals surface area contributed by atoms with Crippen LogP contribution in [-0.4, -0.2) is 34.4 Å². The van der Waals surface area contributed by atoms with E-state index in [0.29, 0.717) is 30.0 Å². The number of rotatable bonds is 8. The number of nitroso groups, excluding NO2 is 1. The largest absolute Gasteiger partial charge is 0.427 e. The van der Waals surface area contributed by atoms with E-state index in [9.17, 15) is 19.6 Å². The molecule has 3 aliphatic carbocycles. The molecule has 1 amide bonds. The summed E-state index contributed by atoms with van der Waals surface area (Å²) in [5.41, 5.74) is 2.71. The van der Waals surface area contributed by atoms with Gasteiger partial charge in [-0.15, -0.1) is 4.91 Å². The first-order valence-corrected chi connectivity index (χ1v) is 13.2. The van der Waals surface area contributed by atoms with E-state index < -0.39 is 10.7 Å². The van der Waals surface area contributed by atoms with Crippen molar-refractivity contribution in [2.75, 3.05) is 6.54 Å².